The van der Waals surface area contributed by atoms with E-state index in [9.17, 15) is 14.0 Å². The maximum Gasteiger partial charge on any atom is 0.254 e. The van der Waals surface area contributed by atoms with E-state index >= 15 is 0 Å². The minimum Gasteiger partial charge on any atom is -0.352 e. The minimum absolute atomic E-state index is 0.0431. The lowest BCUT2D eigenvalue weighted by Crippen LogP contribution is -2.52. The smallest absolute Gasteiger partial charge is 0.254 e. The first-order valence-electron chi connectivity index (χ1n) is 11.6. The van der Waals surface area contributed by atoms with Gasteiger partial charge in [0, 0.05) is 48.9 Å². The molecule has 2 amide bonds. The molecule has 7 nitrogen and oxygen atoms in total. The van der Waals surface area contributed by atoms with Crippen LogP contribution in [0, 0.1) is 5.82 Å². The predicted molar refractivity (Wildman–Crippen MR) is 134 cm³/mol. The summed E-state index contributed by atoms with van der Waals surface area (Å²) >= 11 is 5.93. The number of carbonyl (C=O) groups excluding carboxylic acids is 2. The standard InChI is InChI=1S/C26H27ClFN5O2/c1-2-13-33(26(35)20-3-7-21(27)8-4-20)18-25(34)32-16-14-31(15-17-32)24-12-11-23(29-30-24)19-5-9-22(28)10-6-19/h3-12H,2,13-18H2,1H3. The Balaban J connectivity index is 1.33. The van der Waals surface area contributed by atoms with E-state index in [2.05, 4.69) is 15.1 Å². The van der Waals surface area contributed by atoms with Gasteiger partial charge in [0.1, 0.15) is 12.4 Å². The quantitative estimate of drug-likeness (QED) is 0.493. The first-order chi connectivity index (χ1) is 16.9. The molecular formula is C26H27ClFN5O2. The largest absolute Gasteiger partial charge is 0.352 e. The van der Waals surface area contributed by atoms with Crippen LogP contribution in [0.1, 0.15) is 23.7 Å². The fourth-order valence-electron chi connectivity index (χ4n) is 4.01. The maximum atomic E-state index is 13.1. The van der Waals surface area contributed by atoms with Crippen LogP contribution in [0.3, 0.4) is 0 Å². The summed E-state index contributed by atoms with van der Waals surface area (Å²) in [6, 6.07) is 16.6. The number of hydrogen-bond donors (Lipinski definition) is 0. The molecule has 4 rings (SSSR count). The number of benzene rings is 2. The monoisotopic (exact) mass is 495 g/mol. The lowest BCUT2D eigenvalue weighted by Gasteiger charge is -2.36. The molecule has 1 fully saturated rings. The van der Waals surface area contributed by atoms with Crippen molar-refractivity contribution in [3.8, 4) is 11.3 Å². The minimum atomic E-state index is -0.294. The lowest BCUT2D eigenvalue weighted by molar-refractivity contribution is -0.132. The summed E-state index contributed by atoms with van der Waals surface area (Å²) in [4.78, 5) is 31.4. The van der Waals surface area contributed by atoms with Gasteiger partial charge in [-0.3, -0.25) is 9.59 Å². The van der Waals surface area contributed by atoms with Gasteiger partial charge in [-0.25, -0.2) is 4.39 Å². The van der Waals surface area contributed by atoms with E-state index in [0.29, 0.717) is 49.0 Å². The molecule has 0 radical (unpaired) electrons. The van der Waals surface area contributed by atoms with Crippen LogP contribution in [0.4, 0.5) is 10.2 Å². The summed E-state index contributed by atoms with van der Waals surface area (Å²) in [5.41, 5.74) is 1.98. The Bertz CT molecular complexity index is 1150. The van der Waals surface area contributed by atoms with Crippen LogP contribution in [0.25, 0.3) is 11.3 Å². The molecule has 0 unspecified atom stereocenters. The van der Waals surface area contributed by atoms with Crippen molar-refractivity contribution < 1.29 is 14.0 Å². The zero-order chi connectivity index (χ0) is 24.8. The van der Waals surface area contributed by atoms with Crippen LogP contribution in [0.2, 0.25) is 5.02 Å². The third-order valence-electron chi connectivity index (χ3n) is 5.94. The number of halogens is 2. The second-order valence-electron chi connectivity index (χ2n) is 8.39. The number of amides is 2. The van der Waals surface area contributed by atoms with Crippen LogP contribution in [-0.4, -0.2) is 71.1 Å². The fraction of sp³-hybridized carbons (Fsp3) is 0.308. The van der Waals surface area contributed by atoms with Crippen molar-refractivity contribution in [2.45, 2.75) is 13.3 Å². The molecule has 1 aliphatic rings. The summed E-state index contributed by atoms with van der Waals surface area (Å²) in [6.07, 6.45) is 0.757. The topological polar surface area (TPSA) is 69.6 Å². The molecule has 0 spiro atoms. The van der Waals surface area contributed by atoms with E-state index in [4.69, 9.17) is 11.6 Å². The molecule has 0 N–H and O–H groups in total. The Labute approximate surface area is 209 Å². The van der Waals surface area contributed by atoms with E-state index in [1.54, 1.807) is 46.2 Å². The summed E-state index contributed by atoms with van der Waals surface area (Å²) in [6.45, 7) is 4.84. The van der Waals surface area contributed by atoms with Crippen molar-refractivity contribution >= 4 is 29.2 Å². The number of carbonyl (C=O) groups is 2. The lowest BCUT2D eigenvalue weighted by atomic mass is 10.1. The molecule has 0 saturated carbocycles. The number of nitrogens with zero attached hydrogens (tertiary/aromatic N) is 5. The third kappa shape index (κ3) is 6.14. The van der Waals surface area contributed by atoms with E-state index < -0.39 is 0 Å². The molecule has 0 aliphatic carbocycles. The molecule has 0 atom stereocenters. The fourth-order valence-corrected chi connectivity index (χ4v) is 4.14. The average molecular weight is 496 g/mol. The SMILES string of the molecule is CCCN(CC(=O)N1CCN(c2ccc(-c3ccc(F)cc3)nn2)CC1)C(=O)c1ccc(Cl)cc1. The molecule has 3 aromatic rings. The number of aromatic nitrogens is 2. The first kappa shape index (κ1) is 24.6. The number of hydrogen-bond acceptors (Lipinski definition) is 5. The second kappa shape index (κ2) is 11.3. The van der Waals surface area contributed by atoms with Gasteiger partial charge in [0.05, 0.1) is 5.69 Å². The van der Waals surface area contributed by atoms with Crippen LogP contribution in [-0.2, 0) is 4.79 Å². The molecular weight excluding hydrogens is 469 g/mol. The van der Waals surface area contributed by atoms with E-state index in [1.807, 2.05) is 19.1 Å². The normalized spacial score (nSPS) is 13.6. The van der Waals surface area contributed by atoms with Gasteiger partial charge < -0.3 is 14.7 Å². The van der Waals surface area contributed by atoms with Gasteiger partial charge in [0.15, 0.2) is 5.82 Å². The predicted octanol–water partition coefficient (Wildman–Crippen LogP) is 4.14. The van der Waals surface area contributed by atoms with Crippen molar-refractivity contribution in [2.24, 2.45) is 0 Å². The molecule has 35 heavy (non-hydrogen) atoms. The second-order valence-corrected chi connectivity index (χ2v) is 8.82. The van der Waals surface area contributed by atoms with Gasteiger partial charge in [0.2, 0.25) is 5.91 Å². The Kier molecular flexibility index (Phi) is 7.92. The van der Waals surface area contributed by atoms with Gasteiger partial charge in [-0.1, -0.05) is 18.5 Å². The van der Waals surface area contributed by atoms with Crippen molar-refractivity contribution in [3.63, 3.8) is 0 Å². The summed E-state index contributed by atoms with van der Waals surface area (Å²) in [5.74, 6) is 0.191. The Morgan fingerprint density at radius 3 is 2.23 bits per heavy atom. The zero-order valence-corrected chi connectivity index (χ0v) is 20.3. The van der Waals surface area contributed by atoms with Crippen molar-refractivity contribution in [3.05, 3.63) is 77.1 Å². The molecule has 1 aromatic heterocycles. The average Bonchev–Trinajstić information content (AvgIpc) is 2.89. The van der Waals surface area contributed by atoms with Gasteiger partial charge >= 0.3 is 0 Å². The molecule has 1 saturated heterocycles. The Hall–Kier alpha value is -3.52. The van der Waals surface area contributed by atoms with E-state index in [1.165, 1.54) is 12.1 Å². The highest BCUT2D eigenvalue weighted by atomic mass is 35.5. The summed E-state index contributed by atoms with van der Waals surface area (Å²) < 4.78 is 13.1. The molecule has 182 valence electrons. The Morgan fingerprint density at radius 1 is 0.943 bits per heavy atom. The van der Waals surface area contributed by atoms with Crippen molar-refractivity contribution in [1.82, 2.24) is 20.0 Å². The molecule has 1 aliphatic heterocycles. The molecule has 2 aromatic carbocycles. The van der Waals surface area contributed by atoms with Crippen LogP contribution in [0.15, 0.2) is 60.7 Å². The summed E-state index contributed by atoms with van der Waals surface area (Å²) in [7, 11) is 0. The van der Waals surface area contributed by atoms with Gasteiger partial charge in [-0.15, -0.1) is 10.2 Å². The van der Waals surface area contributed by atoms with Crippen LogP contribution < -0.4 is 4.90 Å². The Morgan fingerprint density at radius 2 is 1.63 bits per heavy atom. The van der Waals surface area contributed by atoms with Crippen LogP contribution in [0.5, 0.6) is 0 Å². The molecule has 0 bridgehead atoms. The van der Waals surface area contributed by atoms with Crippen LogP contribution >= 0.6 is 11.6 Å². The third-order valence-corrected chi connectivity index (χ3v) is 6.20. The summed E-state index contributed by atoms with van der Waals surface area (Å²) in [5, 5.41) is 9.16. The first-order valence-corrected chi connectivity index (χ1v) is 12.0. The highest BCUT2D eigenvalue weighted by Crippen LogP contribution is 2.20. The van der Waals surface area contributed by atoms with Crippen molar-refractivity contribution in [2.75, 3.05) is 44.2 Å². The van der Waals surface area contributed by atoms with Gasteiger partial charge in [-0.05, 0) is 67.1 Å². The van der Waals surface area contributed by atoms with Gasteiger partial charge in [0.25, 0.3) is 5.91 Å². The number of rotatable bonds is 7. The van der Waals surface area contributed by atoms with Crippen molar-refractivity contribution in [1.29, 1.82) is 0 Å². The highest BCUT2D eigenvalue weighted by molar-refractivity contribution is 6.30. The van der Waals surface area contributed by atoms with E-state index in [-0.39, 0.29) is 24.2 Å². The number of anilines is 1. The van der Waals surface area contributed by atoms with E-state index in [0.717, 1.165) is 17.8 Å². The highest BCUT2D eigenvalue weighted by Gasteiger charge is 2.25. The molecule has 2 heterocycles. The molecule has 9 heteroatoms. The zero-order valence-electron chi connectivity index (χ0n) is 19.5. The number of piperazine rings is 1. The van der Waals surface area contributed by atoms with Gasteiger partial charge in [-0.2, -0.15) is 0 Å². The maximum absolute atomic E-state index is 13.1.